The average Bonchev–Trinajstić information content (AvgIpc) is 2.68. The number of hydrogen-bond donors (Lipinski definition) is 0. The lowest BCUT2D eigenvalue weighted by molar-refractivity contribution is -0.0291. The summed E-state index contributed by atoms with van der Waals surface area (Å²) < 4.78 is 11.0. The highest BCUT2D eigenvalue weighted by Crippen LogP contribution is 2.44. The summed E-state index contributed by atoms with van der Waals surface area (Å²) in [4.78, 5) is 0. The average molecular weight is 140 g/mol. The lowest BCUT2D eigenvalue weighted by atomic mass is 9.83. The van der Waals surface area contributed by atoms with Gasteiger partial charge in [-0.2, -0.15) is 0 Å². The fourth-order valence-corrected chi connectivity index (χ4v) is 2.35. The minimum atomic E-state index is 0.470. The van der Waals surface area contributed by atoms with Crippen LogP contribution >= 0.6 is 0 Å². The Balaban J connectivity index is 1.82. The van der Waals surface area contributed by atoms with Gasteiger partial charge in [0, 0.05) is 6.61 Å². The van der Waals surface area contributed by atoms with Crippen LogP contribution in [-0.4, -0.2) is 24.9 Å². The van der Waals surface area contributed by atoms with E-state index in [0.29, 0.717) is 18.3 Å². The first-order chi connectivity index (χ1) is 4.93. The molecule has 4 atom stereocenters. The van der Waals surface area contributed by atoms with Gasteiger partial charge in [0.1, 0.15) is 6.10 Å². The van der Waals surface area contributed by atoms with E-state index in [0.717, 1.165) is 12.5 Å². The highest BCUT2D eigenvalue weighted by atomic mass is 16.6. The minimum absolute atomic E-state index is 0.470. The van der Waals surface area contributed by atoms with Crippen LogP contribution in [0, 0.1) is 5.92 Å². The van der Waals surface area contributed by atoms with Crippen LogP contribution < -0.4 is 0 Å². The van der Waals surface area contributed by atoms with E-state index in [4.69, 9.17) is 9.47 Å². The van der Waals surface area contributed by atoms with Crippen LogP contribution in [0.3, 0.4) is 0 Å². The Morgan fingerprint density at radius 1 is 1.10 bits per heavy atom. The van der Waals surface area contributed by atoms with Gasteiger partial charge in [0.05, 0.1) is 12.2 Å². The molecule has 1 saturated carbocycles. The number of hydrogen-bond acceptors (Lipinski definition) is 2. The molecule has 3 rings (SSSR count). The zero-order valence-electron chi connectivity index (χ0n) is 5.95. The molecule has 2 saturated heterocycles. The van der Waals surface area contributed by atoms with Gasteiger partial charge in [-0.1, -0.05) is 0 Å². The van der Waals surface area contributed by atoms with E-state index in [-0.39, 0.29) is 0 Å². The summed E-state index contributed by atoms with van der Waals surface area (Å²) in [7, 11) is 0. The summed E-state index contributed by atoms with van der Waals surface area (Å²) in [5.41, 5.74) is 0. The summed E-state index contributed by atoms with van der Waals surface area (Å²) in [5, 5.41) is 0. The number of epoxide rings is 1. The van der Waals surface area contributed by atoms with E-state index in [1.54, 1.807) is 0 Å². The molecule has 10 heavy (non-hydrogen) atoms. The first-order valence-corrected chi connectivity index (χ1v) is 4.20. The molecule has 2 aliphatic heterocycles. The van der Waals surface area contributed by atoms with Crippen LogP contribution in [-0.2, 0) is 9.47 Å². The molecule has 1 aliphatic carbocycles. The van der Waals surface area contributed by atoms with E-state index >= 15 is 0 Å². The number of fused-ring (bicyclic) bond motifs is 4. The van der Waals surface area contributed by atoms with Crippen LogP contribution in [0.1, 0.15) is 19.3 Å². The van der Waals surface area contributed by atoms with Crippen molar-refractivity contribution < 1.29 is 9.47 Å². The van der Waals surface area contributed by atoms with E-state index in [2.05, 4.69) is 0 Å². The maximum absolute atomic E-state index is 5.58. The van der Waals surface area contributed by atoms with Crippen molar-refractivity contribution in [3.8, 4) is 0 Å². The van der Waals surface area contributed by atoms with Crippen molar-refractivity contribution in [3.05, 3.63) is 0 Å². The quantitative estimate of drug-likeness (QED) is 0.467. The monoisotopic (exact) mass is 140 g/mol. The third kappa shape index (κ3) is 0.663. The minimum Gasteiger partial charge on any atom is -0.375 e. The van der Waals surface area contributed by atoms with E-state index in [9.17, 15) is 0 Å². The third-order valence-corrected chi connectivity index (χ3v) is 2.98. The van der Waals surface area contributed by atoms with Crippen LogP contribution in [0.15, 0.2) is 0 Å². The smallest absolute Gasteiger partial charge is 0.110 e. The topological polar surface area (TPSA) is 21.8 Å². The van der Waals surface area contributed by atoms with Gasteiger partial charge in [-0.25, -0.2) is 0 Å². The fourth-order valence-electron chi connectivity index (χ4n) is 2.35. The first-order valence-electron chi connectivity index (χ1n) is 4.20. The van der Waals surface area contributed by atoms with Gasteiger partial charge >= 0.3 is 0 Å². The Hall–Kier alpha value is -0.0800. The largest absolute Gasteiger partial charge is 0.375 e. The zero-order valence-corrected chi connectivity index (χ0v) is 5.95. The van der Waals surface area contributed by atoms with Crippen molar-refractivity contribution in [2.75, 3.05) is 6.61 Å². The Morgan fingerprint density at radius 3 is 3.00 bits per heavy atom. The van der Waals surface area contributed by atoms with Gasteiger partial charge in [0.15, 0.2) is 0 Å². The SMILES string of the molecule is C1CC2CC(O1)C1OC1C2. The van der Waals surface area contributed by atoms with Crippen molar-refractivity contribution in [1.29, 1.82) is 0 Å². The van der Waals surface area contributed by atoms with Crippen molar-refractivity contribution in [2.45, 2.75) is 37.6 Å². The number of ether oxygens (including phenoxy) is 2. The fraction of sp³-hybridized carbons (Fsp3) is 1.00. The lowest BCUT2D eigenvalue weighted by Gasteiger charge is -2.31. The molecule has 0 spiro atoms. The van der Waals surface area contributed by atoms with Gasteiger partial charge in [0.25, 0.3) is 0 Å². The summed E-state index contributed by atoms with van der Waals surface area (Å²) >= 11 is 0. The Kier molecular flexibility index (Phi) is 0.968. The molecule has 0 aromatic heterocycles. The van der Waals surface area contributed by atoms with E-state index in [1.807, 2.05) is 0 Å². The van der Waals surface area contributed by atoms with E-state index < -0.39 is 0 Å². The molecular weight excluding hydrogens is 128 g/mol. The maximum atomic E-state index is 5.58. The molecule has 2 nitrogen and oxygen atoms in total. The van der Waals surface area contributed by atoms with Gasteiger partial charge < -0.3 is 9.47 Å². The second kappa shape index (κ2) is 1.74. The highest BCUT2D eigenvalue weighted by Gasteiger charge is 2.52. The molecule has 0 radical (unpaired) electrons. The highest BCUT2D eigenvalue weighted by molar-refractivity contribution is 5.00. The Bertz CT molecular complexity index is 157. The second-order valence-corrected chi connectivity index (χ2v) is 3.67. The normalized spacial score (nSPS) is 57.6. The third-order valence-electron chi connectivity index (χ3n) is 2.98. The first kappa shape index (κ1) is 5.56. The predicted molar refractivity (Wildman–Crippen MR) is 35.7 cm³/mol. The van der Waals surface area contributed by atoms with E-state index in [1.165, 1.54) is 19.3 Å². The molecule has 2 heterocycles. The van der Waals surface area contributed by atoms with Crippen molar-refractivity contribution >= 4 is 0 Å². The molecule has 3 fully saturated rings. The van der Waals surface area contributed by atoms with Crippen molar-refractivity contribution in [3.63, 3.8) is 0 Å². The van der Waals surface area contributed by atoms with Crippen LogP contribution in [0.5, 0.6) is 0 Å². The van der Waals surface area contributed by atoms with Crippen molar-refractivity contribution in [2.24, 2.45) is 5.92 Å². The van der Waals surface area contributed by atoms with Gasteiger partial charge in [-0.3, -0.25) is 0 Å². The molecule has 2 heteroatoms. The second-order valence-electron chi connectivity index (χ2n) is 3.67. The van der Waals surface area contributed by atoms with Gasteiger partial charge in [0.2, 0.25) is 0 Å². The van der Waals surface area contributed by atoms with Gasteiger partial charge in [-0.05, 0) is 25.2 Å². The standard InChI is InChI=1S/C8H12O2/c1-2-9-6-3-5(1)4-7-8(6)10-7/h5-8H,1-4H2. The summed E-state index contributed by atoms with van der Waals surface area (Å²) in [5.74, 6) is 0.919. The summed E-state index contributed by atoms with van der Waals surface area (Å²) in [6.07, 6.45) is 5.40. The molecule has 2 bridgehead atoms. The van der Waals surface area contributed by atoms with Crippen LogP contribution in [0.25, 0.3) is 0 Å². The molecule has 3 aliphatic rings. The molecule has 0 N–H and O–H groups in total. The van der Waals surface area contributed by atoms with Gasteiger partial charge in [-0.15, -0.1) is 0 Å². The maximum Gasteiger partial charge on any atom is 0.110 e. The Labute approximate surface area is 60.5 Å². The molecule has 0 amide bonds. The zero-order chi connectivity index (χ0) is 6.55. The molecule has 0 aromatic rings. The number of rotatable bonds is 0. The lowest BCUT2D eigenvalue weighted by Crippen LogP contribution is -2.35. The van der Waals surface area contributed by atoms with Crippen molar-refractivity contribution in [1.82, 2.24) is 0 Å². The Morgan fingerprint density at radius 2 is 2.00 bits per heavy atom. The van der Waals surface area contributed by atoms with Crippen LogP contribution in [0.2, 0.25) is 0 Å². The molecule has 4 unspecified atom stereocenters. The summed E-state index contributed by atoms with van der Waals surface area (Å²) in [6, 6.07) is 0. The molecular formula is C8H12O2. The molecule has 56 valence electrons. The summed E-state index contributed by atoms with van der Waals surface area (Å²) in [6.45, 7) is 0.974. The van der Waals surface area contributed by atoms with Crippen LogP contribution in [0.4, 0.5) is 0 Å². The molecule has 0 aromatic carbocycles. The predicted octanol–water partition coefficient (Wildman–Crippen LogP) is 0.953.